The quantitative estimate of drug-likeness (QED) is 0.921. The number of carbonyl (C=O) groups is 1. The molecule has 1 aliphatic rings. The summed E-state index contributed by atoms with van der Waals surface area (Å²) in [7, 11) is 0. The van der Waals surface area contributed by atoms with E-state index in [2.05, 4.69) is 5.32 Å². The number of hydrogen-bond donors (Lipinski definition) is 1. The molecule has 110 valence electrons. The van der Waals surface area contributed by atoms with Crippen LogP contribution in [0.4, 0.5) is 9.18 Å². The smallest absolute Gasteiger partial charge is 0.317 e. The number of rotatable bonds is 4. The average molecular weight is 280 g/mol. The van der Waals surface area contributed by atoms with E-state index in [9.17, 15) is 9.18 Å². The number of nitrogens with one attached hydrogen (secondary N) is 1. The third kappa shape index (κ3) is 4.20. The molecular formula is C15H21FN2O2. The maximum absolute atomic E-state index is 13.1. The van der Waals surface area contributed by atoms with Gasteiger partial charge in [0.25, 0.3) is 0 Å². The summed E-state index contributed by atoms with van der Waals surface area (Å²) in [6, 6.07) is 6.38. The second kappa shape index (κ2) is 7.24. The molecule has 0 aliphatic carbocycles. The molecule has 20 heavy (non-hydrogen) atoms. The summed E-state index contributed by atoms with van der Waals surface area (Å²) >= 11 is 0. The lowest BCUT2D eigenvalue weighted by atomic mass is 10.1. The Hall–Kier alpha value is -1.62. The third-order valence-corrected chi connectivity index (χ3v) is 3.37. The topological polar surface area (TPSA) is 41.6 Å². The van der Waals surface area contributed by atoms with Gasteiger partial charge >= 0.3 is 6.03 Å². The van der Waals surface area contributed by atoms with Gasteiger partial charge < -0.3 is 15.0 Å². The van der Waals surface area contributed by atoms with Gasteiger partial charge in [0.1, 0.15) is 5.82 Å². The monoisotopic (exact) mass is 280 g/mol. The Morgan fingerprint density at radius 3 is 3.15 bits per heavy atom. The molecular weight excluding hydrogens is 259 g/mol. The molecule has 0 spiro atoms. The molecule has 1 aromatic carbocycles. The van der Waals surface area contributed by atoms with Crippen molar-refractivity contribution < 1.29 is 13.9 Å². The highest BCUT2D eigenvalue weighted by molar-refractivity contribution is 5.74. The Morgan fingerprint density at radius 1 is 1.55 bits per heavy atom. The highest BCUT2D eigenvalue weighted by Gasteiger charge is 2.23. The first-order valence-corrected chi connectivity index (χ1v) is 7.08. The molecule has 5 heteroatoms. The van der Waals surface area contributed by atoms with E-state index in [4.69, 9.17) is 4.74 Å². The van der Waals surface area contributed by atoms with E-state index < -0.39 is 0 Å². The van der Waals surface area contributed by atoms with Crippen LogP contribution in [0.15, 0.2) is 24.3 Å². The largest absolute Gasteiger partial charge is 0.372 e. The van der Waals surface area contributed by atoms with E-state index in [1.807, 2.05) is 13.0 Å². The maximum Gasteiger partial charge on any atom is 0.317 e. The lowest BCUT2D eigenvalue weighted by Crippen LogP contribution is -2.47. The van der Waals surface area contributed by atoms with Crippen molar-refractivity contribution in [2.45, 2.75) is 32.5 Å². The molecule has 2 amide bonds. The fourth-order valence-electron chi connectivity index (χ4n) is 2.36. The van der Waals surface area contributed by atoms with Crippen LogP contribution in [0.25, 0.3) is 0 Å². The first-order chi connectivity index (χ1) is 9.69. The summed E-state index contributed by atoms with van der Waals surface area (Å²) in [4.78, 5) is 13.6. The van der Waals surface area contributed by atoms with E-state index in [0.29, 0.717) is 19.7 Å². The zero-order valence-corrected chi connectivity index (χ0v) is 11.8. The number of amides is 2. The Kier molecular flexibility index (Phi) is 5.35. The van der Waals surface area contributed by atoms with E-state index >= 15 is 0 Å². The maximum atomic E-state index is 13.1. The Morgan fingerprint density at radius 2 is 2.40 bits per heavy atom. The van der Waals surface area contributed by atoms with Gasteiger partial charge in [-0.2, -0.15) is 0 Å². The lowest BCUT2D eigenvalue weighted by molar-refractivity contribution is -0.000357. The molecule has 1 aromatic rings. The predicted molar refractivity (Wildman–Crippen MR) is 74.9 cm³/mol. The number of hydrogen-bond acceptors (Lipinski definition) is 2. The van der Waals surface area contributed by atoms with Crippen molar-refractivity contribution in [1.82, 2.24) is 10.2 Å². The van der Waals surface area contributed by atoms with Crippen molar-refractivity contribution in [3.05, 3.63) is 35.6 Å². The number of carbonyl (C=O) groups excluding carboxylic acids is 1. The summed E-state index contributed by atoms with van der Waals surface area (Å²) in [5, 5.41) is 2.80. The summed E-state index contributed by atoms with van der Waals surface area (Å²) < 4.78 is 18.9. The molecule has 2 rings (SSSR count). The molecule has 0 saturated carbocycles. The number of halogens is 1. The van der Waals surface area contributed by atoms with Gasteiger partial charge in [-0.05, 0) is 37.5 Å². The van der Waals surface area contributed by atoms with Gasteiger partial charge in [0, 0.05) is 19.6 Å². The minimum Gasteiger partial charge on any atom is -0.372 e. The summed E-state index contributed by atoms with van der Waals surface area (Å²) in [6.45, 7) is 4.28. The molecule has 1 aliphatic heterocycles. The van der Waals surface area contributed by atoms with Crippen molar-refractivity contribution >= 4 is 6.03 Å². The summed E-state index contributed by atoms with van der Waals surface area (Å²) in [5.74, 6) is -0.251. The second-order valence-corrected chi connectivity index (χ2v) is 4.99. The summed E-state index contributed by atoms with van der Waals surface area (Å²) in [5.41, 5.74) is 0.820. The van der Waals surface area contributed by atoms with E-state index in [1.165, 1.54) is 12.1 Å². The zero-order chi connectivity index (χ0) is 14.4. The zero-order valence-electron chi connectivity index (χ0n) is 11.8. The predicted octanol–water partition coefficient (Wildman–Crippen LogP) is 2.54. The van der Waals surface area contributed by atoms with Gasteiger partial charge in [-0.3, -0.25) is 0 Å². The van der Waals surface area contributed by atoms with Crippen LogP contribution in [-0.4, -0.2) is 36.7 Å². The van der Waals surface area contributed by atoms with E-state index in [1.54, 1.807) is 11.0 Å². The molecule has 0 bridgehead atoms. The highest BCUT2D eigenvalue weighted by Crippen LogP contribution is 2.15. The van der Waals surface area contributed by atoms with Crippen LogP contribution in [0.3, 0.4) is 0 Å². The van der Waals surface area contributed by atoms with Crippen LogP contribution < -0.4 is 5.32 Å². The van der Waals surface area contributed by atoms with Gasteiger partial charge in [0.05, 0.1) is 12.7 Å². The van der Waals surface area contributed by atoms with Crippen LogP contribution in [-0.2, 0) is 11.3 Å². The fraction of sp³-hybridized carbons (Fsp3) is 0.533. The van der Waals surface area contributed by atoms with Crippen molar-refractivity contribution in [3.63, 3.8) is 0 Å². The Balaban J connectivity index is 1.82. The molecule has 1 unspecified atom stereocenters. The molecule has 0 radical (unpaired) electrons. The molecule has 1 saturated heterocycles. The normalized spacial score (nSPS) is 18.9. The lowest BCUT2D eigenvalue weighted by Gasteiger charge is -2.32. The van der Waals surface area contributed by atoms with Crippen molar-refractivity contribution in [2.24, 2.45) is 0 Å². The van der Waals surface area contributed by atoms with Crippen molar-refractivity contribution in [1.29, 1.82) is 0 Å². The standard InChI is InChI=1S/C15H21FN2O2/c1-2-17-15(19)18-8-4-7-14(10-18)20-11-12-5-3-6-13(16)9-12/h3,5-6,9,14H,2,4,7-8,10-11H2,1H3,(H,17,19). The minimum atomic E-state index is -0.251. The molecule has 4 nitrogen and oxygen atoms in total. The molecule has 1 heterocycles. The second-order valence-electron chi connectivity index (χ2n) is 4.99. The van der Waals surface area contributed by atoms with E-state index in [-0.39, 0.29) is 18.0 Å². The first-order valence-electron chi connectivity index (χ1n) is 7.08. The van der Waals surface area contributed by atoms with Gasteiger partial charge in [-0.25, -0.2) is 9.18 Å². The average Bonchev–Trinajstić information content (AvgIpc) is 2.46. The number of ether oxygens (including phenoxy) is 1. The molecule has 1 fully saturated rings. The minimum absolute atomic E-state index is 0.0228. The van der Waals surface area contributed by atoms with Crippen LogP contribution in [0.1, 0.15) is 25.3 Å². The number of benzene rings is 1. The van der Waals surface area contributed by atoms with Crippen LogP contribution in [0.2, 0.25) is 0 Å². The highest BCUT2D eigenvalue weighted by atomic mass is 19.1. The summed E-state index contributed by atoms with van der Waals surface area (Å²) in [6.07, 6.45) is 1.89. The van der Waals surface area contributed by atoms with Gasteiger partial charge in [0.15, 0.2) is 0 Å². The number of nitrogens with zero attached hydrogens (tertiary/aromatic N) is 1. The number of likely N-dealkylation sites (tertiary alicyclic amines) is 1. The fourth-order valence-corrected chi connectivity index (χ4v) is 2.36. The van der Waals surface area contributed by atoms with Crippen LogP contribution >= 0.6 is 0 Å². The van der Waals surface area contributed by atoms with Gasteiger partial charge in [0.2, 0.25) is 0 Å². The van der Waals surface area contributed by atoms with Gasteiger partial charge in [-0.15, -0.1) is 0 Å². The third-order valence-electron chi connectivity index (χ3n) is 3.37. The first kappa shape index (κ1) is 14.8. The molecule has 1 atom stereocenters. The number of urea groups is 1. The van der Waals surface area contributed by atoms with Crippen LogP contribution in [0, 0.1) is 5.82 Å². The van der Waals surface area contributed by atoms with Crippen molar-refractivity contribution in [3.8, 4) is 0 Å². The number of piperidine rings is 1. The van der Waals surface area contributed by atoms with Gasteiger partial charge in [-0.1, -0.05) is 12.1 Å². The Bertz CT molecular complexity index is 453. The van der Waals surface area contributed by atoms with Crippen LogP contribution in [0.5, 0.6) is 0 Å². The Labute approximate surface area is 118 Å². The van der Waals surface area contributed by atoms with Crippen molar-refractivity contribution in [2.75, 3.05) is 19.6 Å². The molecule has 0 aromatic heterocycles. The molecule has 1 N–H and O–H groups in total. The SMILES string of the molecule is CCNC(=O)N1CCCC(OCc2cccc(F)c2)C1. The van der Waals surface area contributed by atoms with E-state index in [0.717, 1.165) is 24.9 Å².